The summed E-state index contributed by atoms with van der Waals surface area (Å²) >= 11 is 6.41. The molecule has 4 aromatic carbocycles. The van der Waals surface area contributed by atoms with Gasteiger partial charge in [-0.2, -0.15) is 0 Å². The average molecular weight is 617 g/mol. The van der Waals surface area contributed by atoms with Crippen molar-refractivity contribution in [2.45, 2.75) is 32.1 Å². The number of nitrogens with zero attached hydrogens (tertiary/aromatic N) is 1. The summed E-state index contributed by atoms with van der Waals surface area (Å²) in [7, 11) is 0. The van der Waals surface area contributed by atoms with Crippen LogP contribution in [0.3, 0.4) is 0 Å². The number of hydrogen-bond donors (Lipinski definition) is 1. The molecule has 0 radical (unpaired) electrons. The summed E-state index contributed by atoms with van der Waals surface area (Å²) < 4.78 is 5.98. The molecular weight excluding hydrogens is 580 g/mol. The molecule has 0 aliphatic carbocycles. The van der Waals surface area contributed by atoms with Crippen LogP contribution in [0.25, 0.3) is 6.08 Å². The molecule has 0 saturated heterocycles. The molecule has 6 heteroatoms. The van der Waals surface area contributed by atoms with Gasteiger partial charge in [-0.1, -0.05) is 127 Å². The minimum atomic E-state index is -0.707. The Morgan fingerprint density at radius 2 is 1.49 bits per heavy atom. The van der Waals surface area contributed by atoms with Crippen LogP contribution in [0.5, 0.6) is 0 Å². The van der Waals surface area contributed by atoms with Crippen molar-refractivity contribution in [3.63, 3.8) is 0 Å². The second-order valence-corrected chi connectivity index (χ2v) is 11.6. The zero-order valence-electron chi connectivity index (χ0n) is 25.5. The van der Waals surface area contributed by atoms with Gasteiger partial charge in [-0.15, -0.1) is 0 Å². The Kier molecular flexibility index (Phi) is 10.8. The molecule has 0 aromatic heterocycles. The van der Waals surface area contributed by atoms with Crippen LogP contribution in [0.15, 0.2) is 138 Å². The highest BCUT2D eigenvalue weighted by Crippen LogP contribution is 2.40. The molecule has 45 heavy (non-hydrogen) atoms. The third-order valence-electron chi connectivity index (χ3n) is 8.09. The second-order valence-electron chi connectivity index (χ2n) is 11.1. The molecule has 0 spiro atoms. The summed E-state index contributed by atoms with van der Waals surface area (Å²) in [6.07, 6.45) is 4.47. The number of nitrogens with one attached hydrogen (secondary N) is 1. The van der Waals surface area contributed by atoms with Crippen LogP contribution in [0.1, 0.15) is 54.4 Å². The van der Waals surface area contributed by atoms with Gasteiger partial charge in [0.05, 0.1) is 18.1 Å². The van der Waals surface area contributed by atoms with E-state index in [-0.39, 0.29) is 18.4 Å². The van der Waals surface area contributed by atoms with E-state index in [0.29, 0.717) is 35.0 Å². The Morgan fingerprint density at radius 1 is 0.867 bits per heavy atom. The van der Waals surface area contributed by atoms with Gasteiger partial charge < -0.3 is 10.1 Å². The number of esters is 1. The van der Waals surface area contributed by atoms with E-state index in [9.17, 15) is 9.59 Å². The number of halogens is 1. The van der Waals surface area contributed by atoms with Gasteiger partial charge >= 0.3 is 5.97 Å². The normalized spacial score (nSPS) is 16.5. The van der Waals surface area contributed by atoms with E-state index in [1.807, 2.05) is 104 Å². The van der Waals surface area contributed by atoms with E-state index in [1.54, 1.807) is 13.0 Å². The molecule has 1 amide bonds. The largest absolute Gasteiger partial charge is 0.462 e. The molecule has 1 heterocycles. The van der Waals surface area contributed by atoms with E-state index < -0.39 is 17.8 Å². The van der Waals surface area contributed by atoms with Crippen molar-refractivity contribution < 1.29 is 14.3 Å². The van der Waals surface area contributed by atoms with Crippen molar-refractivity contribution in [1.29, 1.82) is 0 Å². The summed E-state index contributed by atoms with van der Waals surface area (Å²) in [4.78, 5) is 32.3. The quantitative estimate of drug-likeness (QED) is 0.172. The van der Waals surface area contributed by atoms with Crippen molar-refractivity contribution >= 4 is 35.3 Å². The van der Waals surface area contributed by atoms with Gasteiger partial charge in [0.15, 0.2) is 0 Å². The van der Waals surface area contributed by atoms with Crippen LogP contribution in [0, 0.1) is 5.92 Å². The van der Waals surface area contributed by atoms with Crippen LogP contribution in [-0.2, 0) is 14.3 Å². The fourth-order valence-corrected chi connectivity index (χ4v) is 6.17. The lowest BCUT2D eigenvalue weighted by Crippen LogP contribution is -2.41. The predicted molar refractivity (Wildman–Crippen MR) is 182 cm³/mol. The number of amides is 1. The van der Waals surface area contributed by atoms with Gasteiger partial charge in [0.2, 0.25) is 5.91 Å². The molecule has 1 aliphatic heterocycles. The molecule has 5 rings (SSSR count). The van der Waals surface area contributed by atoms with E-state index in [2.05, 4.69) is 34.6 Å². The van der Waals surface area contributed by atoms with Crippen molar-refractivity contribution in [3.05, 3.63) is 160 Å². The van der Waals surface area contributed by atoms with Crippen LogP contribution >= 0.6 is 11.6 Å². The molecular formula is C39H37ClN2O3. The number of aliphatic imine (C=N–C) groups is 1. The summed E-state index contributed by atoms with van der Waals surface area (Å²) in [6.45, 7) is 4.17. The Hall–Kier alpha value is -4.74. The Labute approximate surface area is 270 Å². The lowest BCUT2D eigenvalue weighted by atomic mass is 9.75. The molecule has 2 atom stereocenters. The summed E-state index contributed by atoms with van der Waals surface area (Å²) in [5.41, 5.74) is 5.66. The lowest BCUT2D eigenvalue weighted by Gasteiger charge is -2.32. The number of ether oxygens (including phenoxy) is 1. The monoisotopic (exact) mass is 616 g/mol. The summed E-state index contributed by atoms with van der Waals surface area (Å²) in [5.74, 6) is -1.94. The van der Waals surface area contributed by atoms with Crippen LogP contribution < -0.4 is 5.32 Å². The first-order chi connectivity index (χ1) is 21.9. The van der Waals surface area contributed by atoms with Gasteiger partial charge in [0.25, 0.3) is 0 Å². The smallest absolute Gasteiger partial charge is 0.336 e. The first-order valence-electron chi connectivity index (χ1n) is 15.2. The van der Waals surface area contributed by atoms with Crippen molar-refractivity contribution in [2.75, 3.05) is 13.2 Å². The first-order valence-corrected chi connectivity index (χ1v) is 15.6. The average Bonchev–Trinajstić information content (AvgIpc) is 3.06. The molecule has 0 fully saturated rings. The summed E-state index contributed by atoms with van der Waals surface area (Å²) in [6, 6.07) is 37.7. The number of allylic oxidation sites excluding steroid dienone is 1. The zero-order chi connectivity index (χ0) is 31.6. The number of hydrogen-bond acceptors (Lipinski definition) is 4. The Morgan fingerprint density at radius 3 is 2.11 bits per heavy atom. The lowest BCUT2D eigenvalue weighted by molar-refractivity contribution is -0.139. The number of carbonyl (C=O) groups is 2. The van der Waals surface area contributed by atoms with Crippen molar-refractivity contribution in [2.24, 2.45) is 10.9 Å². The maximum Gasteiger partial charge on any atom is 0.336 e. The van der Waals surface area contributed by atoms with E-state index >= 15 is 0 Å². The molecule has 1 N–H and O–H groups in total. The minimum Gasteiger partial charge on any atom is -0.462 e. The number of carbonyl (C=O) groups excluding carboxylic acids is 2. The molecule has 4 aromatic rings. The Balaban J connectivity index is 1.36. The van der Waals surface area contributed by atoms with E-state index in [1.165, 1.54) is 0 Å². The molecule has 5 nitrogen and oxygen atoms in total. The summed E-state index contributed by atoms with van der Waals surface area (Å²) in [5, 5.41) is 3.55. The van der Waals surface area contributed by atoms with Gasteiger partial charge in [-0.05, 0) is 54.7 Å². The Bertz CT molecular complexity index is 1660. The fourth-order valence-electron chi connectivity index (χ4n) is 5.97. The maximum atomic E-state index is 13.9. The number of rotatable bonds is 11. The van der Waals surface area contributed by atoms with Gasteiger partial charge in [-0.25, -0.2) is 4.79 Å². The highest BCUT2D eigenvalue weighted by atomic mass is 35.5. The van der Waals surface area contributed by atoms with Gasteiger partial charge in [-0.3, -0.25) is 9.79 Å². The predicted octanol–water partition coefficient (Wildman–Crippen LogP) is 8.38. The molecule has 1 aliphatic rings. The minimum absolute atomic E-state index is 0.0630. The molecule has 0 bridgehead atoms. The second kappa shape index (κ2) is 15.3. The van der Waals surface area contributed by atoms with Gasteiger partial charge in [0, 0.05) is 34.8 Å². The SMILES string of the molecule is CC1=NC(C)=C(C(=O)OCCC(c2ccccc2)c2ccccc2)C(c2cccc(Cl)c2)C1C(=O)NCC=Cc1ccccc1. The van der Waals surface area contributed by atoms with Crippen LogP contribution in [0.2, 0.25) is 5.02 Å². The zero-order valence-corrected chi connectivity index (χ0v) is 26.3. The molecule has 0 saturated carbocycles. The van der Waals surface area contributed by atoms with Crippen molar-refractivity contribution in [3.8, 4) is 0 Å². The standard InChI is InChI=1S/C39H37ClN2O3/c1-27-35(38(43)41-24-13-16-29-14-6-3-7-15-29)37(32-21-12-22-33(40)26-32)36(28(2)42-27)39(44)45-25-23-34(30-17-8-4-9-18-30)31-19-10-5-11-20-31/h3-22,26,34-35,37H,23-25H2,1-2H3,(H,41,43). The third kappa shape index (κ3) is 8.05. The first kappa shape index (κ1) is 31.7. The molecule has 2 unspecified atom stereocenters. The highest BCUT2D eigenvalue weighted by molar-refractivity contribution is 6.30. The molecule has 228 valence electrons. The van der Waals surface area contributed by atoms with Crippen LogP contribution in [-0.4, -0.2) is 30.7 Å². The van der Waals surface area contributed by atoms with E-state index in [0.717, 1.165) is 22.3 Å². The van der Waals surface area contributed by atoms with E-state index in [4.69, 9.17) is 16.3 Å². The van der Waals surface area contributed by atoms with Crippen LogP contribution in [0.4, 0.5) is 0 Å². The fraction of sp³-hybridized carbons (Fsp3) is 0.205. The third-order valence-corrected chi connectivity index (χ3v) is 8.32. The van der Waals surface area contributed by atoms with Gasteiger partial charge in [0.1, 0.15) is 0 Å². The maximum absolute atomic E-state index is 13.9. The highest BCUT2D eigenvalue weighted by Gasteiger charge is 2.41. The van der Waals surface area contributed by atoms with Crippen molar-refractivity contribution in [1.82, 2.24) is 5.32 Å². The topological polar surface area (TPSA) is 67.8 Å². The number of benzene rings is 4.